The maximum absolute atomic E-state index is 11.1. The van der Waals surface area contributed by atoms with Gasteiger partial charge in [0, 0.05) is 26.7 Å². The van der Waals surface area contributed by atoms with Gasteiger partial charge in [-0.1, -0.05) is 0 Å². The van der Waals surface area contributed by atoms with E-state index < -0.39 is 0 Å². The molecule has 0 aromatic heterocycles. The number of nitrogens with two attached hydrogens (primary N) is 1. The summed E-state index contributed by atoms with van der Waals surface area (Å²) in [5.74, 6) is 0.155. The van der Waals surface area contributed by atoms with E-state index in [0.29, 0.717) is 26.1 Å². The van der Waals surface area contributed by atoms with Gasteiger partial charge in [-0.15, -0.1) is 0 Å². The Labute approximate surface area is 66.3 Å². The largest absolute Gasteiger partial charge is 0.379 e. The third-order valence-electron chi connectivity index (χ3n) is 1.91. The van der Waals surface area contributed by atoms with Gasteiger partial charge in [-0.2, -0.15) is 0 Å². The minimum Gasteiger partial charge on any atom is -0.379 e. The third-order valence-corrected chi connectivity index (χ3v) is 1.91. The predicted octanol–water partition coefficient (Wildman–Crippen LogP) is -0.808. The molecular weight excluding hydrogens is 144 g/mol. The Morgan fingerprint density at radius 2 is 2.55 bits per heavy atom. The first-order valence-electron chi connectivity index (χ1n) is 3.78. The molecule has 1 saturated heterocycles. The summed E-state index contributed by atoms with van der Waals surface area (Å²) >= 11 is 0. The summed E-state index contributed by atoms with van der Waals surface area (Å²) in [7, 11) is 1.63. The van der Waals surface area contributed by atoms with E-state index in [9.17, 15) is 4.79 Å². The van der Waals surface area contributed by atoms with Crippen molar-refractivity contribution in [2.45, 2.75) is 12.5 Å². The third kappa shape index (κ3) is 1.91. The van der Waals surface area contributed by atoms with Gasteiger partial charge >= 0.3 is 0 Å². The van der Waals surface area contributed by atoms with Crippen LogP contribution in [0.5, 0.6) is 0 Å². The second-order valence-corrected chi connectivity index (χ2v) is 2.69. The summed E-state index contributed by atoms with van der Waals surface area (Å²) in [4.78, 5) is 12.9. The van der Waals surface area contributed by atoms with Crippen LogP contribution >= 0.6 is 0 Å². The van der Waals surface area contributed by atoms with E-state index in [1.165, 1.54) is 0 Å². The smallest absolute Gasteiger partial charge is 0.225 e. The number of likely N-dealkylation sites (tertiary alicyclic amines) is 1. The Bertz CT molecular complexity index is 149. The van der Waals surface area contributed by atoms with Crippen molar-refractivity contribution in [3.8, 4) is 0 Å². The summed E-state index contributed by atoms with van der Waals surface area (Å²) < 4.78 is 5.05. The van der Waals surface area contributed by atoms with Crippen LogP contribution < -0.4 is 5.73 Å². The molecule has 1 atom stereocenters. The number of carbonyl (C=O) groups excluding carboxylic acids is 1. The molecule has 0 aliphatic carbocycles. The van der Waals surface area contributed by atoms with Crippen LogP contribution in [0.3, 0.4) is 0 Å². The van der Waals surface area contributed by atoms with E-state index in [0.717, 1.165) is 0 Å². The van der Waals surface area contributed by atoms with Gasteiger partial charge in [0.25, 0.3) is 0 Å². The maximum Gasteiger partial charge on any atom is 0.225 e. The highest BCUT2D eigenvalue weighted by atomic mass is 16.5. The lowest BCUT2D eigenvalue weighted by Crippen LogP contribution is -2.31. The lowest BCUT2D eigenvalue weighted by Gasteiger charge is -2.13. The average molecular weight is 158 g/mol. The standard InChI is InChI=1S/C7H14N2O2/c1-11-6-4-7(10)9(5-6)3-2-8/h6H,2-5,8H2,1H3. The minimum absolute atomic E-state index is 0.0778. The van der Waals surface area contributed by atoms with E-state index in [1.807, 2.05) is 0 Å². The summed E-state index contributed by atoms with van der Waals surface area (Å²) in [5, 5.41) is 0. The zero-order valence-corrected chi connectivity index (χ0v) is 6.75. The summed E-state index contributed by atoms with van der Waals surface area (Å²) in [5.41, 5.74) is 5.32. The van der Waals surface area contributed by atoms with Gasteiger partial charge in [0.2, 0.25) is 5.91 Å². The Morgan fingerprint density at radius 1 is 1.82 bits per heavy atom. The van der Waals surface area contributed by atoms with Crippen LogP contribution in [0.15, 0.2) is 0 Å². The Kier molecular flexibility index (Phi) is 2.84. The van der Waals surface area contributed by atoms with Crippen molar-refractivity contribution in [3.05, 3.63) is 0 Å². The SMILES string of the molecule is COC1CC(=O)N(CCN)C1. The van der Waals surface area contributed by atoms with Gasteiger partial charge in [0.05, 0.1) is 12.5 Å². The number of ether oxygens (including phenoxy) is 1. The van der Waals surface area contributed by atoms with Crippen molar-refractivity contribution in [2.75, 3.05) is 26.7 Å². The highest BCUT2D eigenvalue weighted by molar-refractivity contribution is 5.79. The Morgan fingerprint density at radius 3 is 3.00 bits per heavy atom. The molecule has 0 aromatic carbocycles. The second-order valence-electron chi connectivity index (χ2n) is 2.69. The first-order valence-corrected chi connectivity index (χ1v) is 3.78. The average Bonchev–Trinajstić information content (AvgIpc) is 2.33. The molecule has 64 valence electrons. The van der Waals surface area contributed by atoms with Gasteiger partial charge in [0.1, 0.15) is 0 Å². The monoisotopic (exact) mass is 158 g/mol. The number of nitrogens with zero attached hydrogens (tertiary/aromatic N) is 1. The van der Waals surface area contributed by atoms with Crippen molar-refractivity contribution < 1.29 is 9.53 Å². The lowest BCUT2D eigenvalue weighted by molar-refractivity contribution is -0.127. The number of carbonyl (C=O) groups is 1. The van der Waals surface area contributed by atoms with Crippen LogP contribution in [0, 0.1) is 0 Å². The molecule has 2 N–H and O–H groups in total. The van der Waals surface area contributed by atoms with Crippen molar-refractivity contribution in [1.29, 1.82) is 0 Å². The summed E-state index contributed by atoms with van der Waals surface area (Å²) in [6, 6.07) is 0. The molecule has 0 radical (unpaired) electrons. The van der Waals surface area contributed by atoms with Crippen molar-refractivity contribution in [2.24, 2.45) is 5.73 Å². The Balaban J connectivity index is 2.38. The Hall–Kier alpha value is -0.610. The quantitative estimate of drug-likeness (QED) is 0.584. The van der Waals surface area contributed by atoms with Gasteiger partial charge in [-0.25, -0.2) is 0 Å². The number of rotatable bonds is 3. The highest BCUT2D eigenvalue weighted by Crippen LogP contribution is 2.12. The summed E-state index contributed by atoms with van der Waals surface area (Å²) in [6.45, 7) is 1.88. The van der Waals surface area contributed by atoms with Crippen LogP contribution in [0.1, 0.15) is 6.42 Å². The molecule has 0 bridgehead atoms. The molecule has 0 spiro atoms. The number of methoxy groups -OCH3 is 1. The van der Waals surface area contributed by atoms with Gasteiger partial charge in [-0.3, -0.25) is 4.79 Å². The predicted molar refractivity (Wildman–Crippen MR) is 41.0 cm³/mol. The molecule has 4 nitrogen and oxygen atoms in total. The fraction of sp³-hybridized carbons (Fsp3) is 0.857. The van der Waals surface area contributed by atoms with E-state index in [-0.39, 0.29) is 12.0 Å². The molecule has 0 aromatic rings. The molecule has 1 aliphatic heterocycles. The molecule has 4 heteroatoms. The molecule has 0 saturated carbocycles. The van der Waals surface area contributed by atoms with Gasteiger partial charge in [0.15, 0.2) is 0 Å². The summed E-state index contributed by atoms with van der Waals surface area (Å²) in [6.07, 6.45) is 0.588. The topological polar surface area (TPSA) is 55.6 Å². The number of hydrogen-bond donors (Lipinski definition) is 1. The molecule has 1 amide bonds. The van der Waals surface area contributed by atoms with Crippen LogP contribution in [-0.4, -0.2) is 43.7 Å². The molecule has 1 heterocycles. The zero-order valence-electron chi connectivity index (χ0n) is 6.75. The molecule has 1 aliphatic rings. The molecule has 1 fully saturated rings. The van der Waals surface area contributed by atoms with Crippen molar-refractivity contribution in [1.82, 2.24) is 4.90 Å². The van der Waals surface area contributed by atoms with Crippen LogP contribution in [0.25, 0.3) is 0 Å². The molecular formula is C7H14N2O2. The normalized spacial score (nSPS) is 24.7. The van der Waals surface area contributed by atoms with E-state index in [4.69, 9.17) is 10.5 Å². The lowest BCUT2D eigenvalue weighted by atomic mass is 10.3. The van der Waals surface area contributed by atoms with E-state index in [1.54, 1.807) is 12.0 Å². The maximum atomic E-state index is 11.1. The molecule has 1 rings (SSSR count). The number of amides is 1. The molecule has 11 heavy (non-hydrogen) atoms. The first-order chi connectivity index (χ1) is 5.27. The zero-order chi connectivity index (χ0) is 8.27. The second kappa shape index (κ2) is 3.69. The van der Waals surface area contributed by atoms with E-state index in [2.05, 4.69) is 0 Å². The van der Waals surface area contributed by atoms with E-state index >= 15 is 0 Å². The number of hydrogen-bond acceptors (Lipinski definition) is 3. The fourth-order valence-electron chi connectivity index (χ4n) is 1.27. The van der Waals surface area contributed by atoms with Gasteiger partial charge in [-0.05, 0) is 0 Å². The fourth-order valence-corrected chi connectivity index (χ4v) is 1.27. The van der Waals surface area contributed by atoms with Crippen LogP contribution in [-0.2, 0) is 9.53 Å². The first kappa shape index (κ1) is 8.49. The highest BCUT2D eigenvalue weighted by Gasteiger charge is 2.28. The minimum atomic E-state index is 0.0778. The van der Waals surface area contributed by atoms with Crippen molar-refractivity contribution >= 4 is 5.91 Å². The van der Waals surface area contributed by atoms with Crippen molar-refractivity contribution in [3.63, 3.8) is 0 Å². The molecule has 1 unspecified atom stereocenters. The van der Waals surface area contributed by atoms with Crippen LogP contribution in [0.4, 0.5) is 0 Å². The van der Waals surface area contributed by atoms with Gasteiger partial charge < -0.3 is 15.4 Å². The van der Waals surface area contributed by atoms with Crippen LogP contribution in [0.2, 0.25) is 0 Å².